The molecule has 4 atom stereocenters. The lowest BCUT2D eigenvalue weighted by Gasteiger charge is -2.40. The number of benzene rings is 2. The van der Waals surface area contributed by atoms with Gasteiger partial charge >= 0.3 is 17.9 Å². The summed E-state index contributed by atoms with van der Waals surface area (Å²) in [7, 11) is 0. The standard InChI is InChI=1S/C26H27NO8.C2H4O2.HI/c1-16(28)31-15-25-26(34-18(3)30)24(33-17(2)29)12-23(35-25)19-9-10-20(13-27)21(11-19)14-32-22-7-5-4-6-8-22;1-2(3)4;/h4-11,23-26H,12,14-15H2,1-3H3;1H3,(H,3,4);1H/t23-,24-,25-,26?;;/m1../s1. The largest absolute Gasteiger partial charge is 0.489 e. The number of carboxylic acids is 1. The minimum absolute atomic E-state index is 0. The van der Waals surface area contributed by atoms with Gasteiger partial charge in [0.1, 0.15) is 31.2 Å². The fourth-order valence-electron chi connectivity index (χ4n) is 3.87. The third kappa shape index (κ3) is 11.6. The van der Waals surface area contributed by atoms with E-state index in [-0.39, 0.29) is 43.6 Å². The van der Waals surface area contributed by atoms with Crippen LogP contribution in [0, 0.1) is 11.3 Å². The Morgan fingerprint density at radius 1 is 0.975 bits per heavy atom. The Kier molecular flexibility index (Phi) is 14.7. The first kappa shape index (κ1) is 34.3. The number of esters is 3. The van der Waals surface area contributed by atoms with E-state index in [0.717, 1.165) is 6.92 Å². The minimum atomic E-state index is -0.953. The van der Waals surface area contributed by atoms with Crippen molar-refractivity contribution in [2.75, 3.05) is 6.61 Å². The number of carbonyl (C=O) groups is 4. The molecule has 1 fully saturated rings. The van der Waals surface area contributed by atoms with E-state index in [1.165, 1.54) is 20.8 Å². The quantitative estimate of drug-likeness (QED) is 0.245. The molecule has 1 aliphatic heterocycles. The van der Waals surface area contributed by atoms with Crippen molar-refractivity contribution in [2.45, 2.75) is 65.1 Å². The van der Waals surface area contributed by atoms with Crippen LogP contribution in [0.15, 0.2) is 48.5 Å². The summed E-state index contributed by atoms with van der Waals surface area (Å²) in [6.45, 7) is 4.80. The number of ether oxygens (including phenoxy) is 5. The molecule has 0 aromatic heterocycles. The number of halogens is 1. The predicted molar refractivity (Wildman–Crippen MR) is 151 cm³/mol. The summed E-state index contributed by atoms with van der Waals surface area (Å²) in [6.07, 6.45) is -3.04. The van der Waals surface area contributed by atoms with Crippen molar-refractivity contribution in [1.82, 2.24) is 0 Å². The van der Waals surface area contributed by atoms with Crippen LogP contribution in [0.5, 0.6) is 5.75 Å². The minimum Gasteiger partial charge on any atom is -0.489 e. The third-order valence-corrected chi connectivity index (χ3v) is 5.35. The zero-order chi connectivity index (χ0) is 28.9. The molecular formula is C28H32INO10. The Morgan fingerprint density at radius 3 is 2.15 bits per heavy atom. The molecule has 40 heavy (non-hydrogen) atoms. The van der Waals surface area contributed by atoms with Gasteiger partial charge in [0, 0.05) is 39.7 Å². The number of hydrogen-bond donors (Lipinski definition) is 1. The maximum absolute atomic E-state index is 11.8. The monoisotopic (exact) mass is 669 g/mol. The highest BCUT2D eigenvalue weighted by Crippen LogP contribution is 2.36. The number of nitriles is 1. The fraction of sp³-hybridized carbons (Fsp3) is 0.393. The molecule has 1 aliphatic rings. The Morgan fingerprint density at radius 2 is 1.60 bits per heavy atom. The van der Waals surface area contributed by atoms with Crippen LogP contribution in [0.25, 0.3) is 0 Å². The summed E-state index contributed by atoms with van der Waals surface area (Å²) in [6, 6.07) is 16.6. The van der Waals surface area contributed by atoms with Gasteiger partial charge in [0.2, 0.25) is 0 Å². The average Bonchev–Trinajstić information content (AvgIpc) is 2.87. The molecule has 1 heterocycles. The van der Waals surface area contributed by atoms with Crippen molar-refractivity contribution in [3.63, 3.8) is 0 Å². The molecule has 0 amide bonds. The molecule has 0 radical (unpaired) electrons. The maximum Gasteiger partial charge on any atom is 0.303 e. The molecule has 2 aromatic carbocycles. The lowest BCUT2D eigenvalue weighted by Crippen LogP contribution is -2.51. The van der Waals surface area contributed by atoms with E-state index in [0.29, 0.717) is 22.4 Å². The highest BCUT2D eigenvalue weighted by atomic mass is 127. The first-order valence-electron chi connectivity index (χ1n) is 12.0. The number of nitrogens with zero attached hydrogens (tertiary/aromatic N) is 1. The van der Waals surface area contributed by atoms with Crippen molar-refractivity contribution in [3.05, 3.63) is 65.2 Å². The highest BCUT2D eigenvalue weighted by Gasteiger charge is 2.44. The van der Waals surface area contributed by atoms with Crippen molar-refractivity contribution in [2.24, 2.45) is 0 Å². The molecule has 12 heteroatoms. The number of hydrogen-bond acceptors (Lipinski definition) is 10. The molecule has 0 aliphatic carbocycles. The van der Waals surface area contributed by atoms with Gasteiger partial charge in [0.15, 0.2) is 6.10 Å². The lowest BCUT2D eigenvalue weighted by molar-refractivity contribution is -0.216. The first-order valence-corrected chi connectivity index (χ1v) is 12.0. The van der Waals surface area contributed by atoms with Crippen LogP contribution in [0.1, 0.15) is 56.9 Å². The smallest absolute Gasteiger partial charge is 0.303 e. The molecule has 0 spiro atoms. The highest BCUT2D eigenvalue weighted by molar-refractivity contribution is 14.0. The van der Waals surface area contributed by atoms with Gasteiger partial charge in [-0.05, 0) is 29.8 Å². The second-order valence-electron chi connectivity index (χ2n) is 8.57. The summed E-state index contributed by atoms with van der Waals surface area (Å²) >= 11 is 0. The Labute approximate surface area is 249 Å². The Hall–Kier alpha value is -3.70. The van der Waals surface area contributed by atoms with Gasteiger partial charge in [0.25, 0.3) is 5.97 Å². The summed E-state index contributed by atoms with van der Waals surface area (Å²) in [5, 5.41) is 17.0. The second-order valence-corrected chi connectivity index (χ2v) is 8.57. The van der Waals surface area contributed by atoms with Gasteiger partial charge in [-0.1, -0.05) is 24.3 Å². The van der Waals surface area contributed by atoms with E-state index < -0.39 is 48.3 Å². The van der Waals surface area contributed by atoms with Gasteiger partial charge in [-0.25, -0.2) is 0 Å². The van der Waals surface area contributed by atoms with E-state index >= 15 is 0 Å². The maximum atomic E-state index is 11.8. The van der Waals surface area contributed by atoms with Crippen molar-refractivity contribution in [1.29, 1.82) is 5.26 Å². The molecule has 0 bridgehead atoms. The van der Waals surface area contributed by atoms with Crippen LogP contribution in [-0.4, -0.2) is 53.9 Å². The number of para-hydroxylation sites is 1. The predicted octanol–water partition coefficient (Wildman–Crippen LogP) is 4.10. The van der Waals surface area contributed by atoms with Gasteiger partial charge < -0.3 is 28.8 Å². The van der Waals surface area contributed by atoms with Gasteiger partial charge in [-0.2, -0.15) is 5.26 Å². The van der Waals surface area contributed by atoms with Crippen LogP contribution in [0.2, 0.25) is 0 Å². The fourth-order valence-corrected chi connectivity index (χ4v) is 3.87. The molecule has 2 aromatic rings. The first-order chi connectivity index (χ1) is 18.5. The normalized spacial score (nSPS) is 19.3. The molecule has 216 valence electrons. The zero-order valence-electron chi connectivity index (χ0n) is 22.5. The van der Waals surface area contributed by atoms with Crippen molar-refractivity contribution >= 4 is 47.9 Å². The van der Waals surface area contributed by atoms with Crippen LogP contribution in [0.3, 0.4) is 0 Å². The number of aliphatic carboxylic acids is 1. The average molecular weight is 669 g/mol. The van der Waals surface area contributed by atoms with E-state index in [2.05, 4.69) is 6.07 Å². The van der Waals surface area contributed by atoms with E-state index in [1.807, 2.05) is 30.3 Å². The summed E-state index contributed by atoms with van der Waals surface area (Å²) < 4.78 is 28.0. The molecular weight excluding hydrogens is 637 g/mol. The number of carbonyl (C=O) groups excluding carboxylic acids is 3. The Balaban J connectivity index is 0.00000150. The molecule has 1 unspecified atom stereocenters. The van der Waals surface area contributed by atoms with Crippen LogP contribution in [0.4, 0.5) is 0 Å². The Bertz CT molecular complexity index is 1190. The van der Waals surface area contributed by atoms with E-state index in [1.54, 1.807) is 18.2 Å². The number of rotatable bonds is 8. The van der Waals surface area contributed by atoms with Crippen molar-refractivity contribution in [3.8, 4) is 11.8 Å². The molecule has 1 saturated heterocycles. The van der Waals surface area contributed by atoms with Crippen molar-refractivity contribution < 1.29 is 48.0 Å². The molecule has 11 nitrogen and oxygen atoms in total. The topological polar surface area (TPSA) is 158 Å². The second kappa shape index (κ2) is 17.1. The third-order valence-electron chi connectivity index (χ3n) is 5.35. The molecule has 0 saturated carbocycles. The van der Waals surface area contributed by atoms with E-state index in [4.69, 9.17) is 33.6 Å². The molecule has 3 rings (SSSR count). The van der Waals surface area contributed by atoms with E-state index in [9.17, 15) is 19.6 Å². The summed E-state index contributed by atoms with van der Waals surface area (Å²) in [5.74, 6) is -1.83. The van der Waals surface area contributed by atoms with Gasteiger partial charge in [0.05, 0.1) is 17.7 Å². The summed E-state index contributed by atoms with van der Waals surface area (Å²) in [5.41, 5.74) is 1.81. The lowest BCUT2D eigenvalue weighted by atomic mass is 9.92. The van der Waals surface area contributed by atoms with Crippen LogP contribution in [-0.2, 0) is 44.7 Å². The molecule has 1 N–H and O–H groups in total. The van der Waals surface area contributed by atoms with Crippen LogP contribution >= 0.6 is 24.0 Å². The summed E-state index contributed by atoms with van der Waals surface area (Å²) in [4.78, 5) is 43.9. The zero-order valence-corrected chi connectivity index (χ0v) is 24.9. The number of carboxylic acid groups (broad SMARTS) is 1. The SMILES string of the molecule is CC(=O)O.CC(=O)OC[C@H]1O[C@@H](c2ccc(C#N)c(COc3ccccc3)c2)C[C@@H](OC(C)=O)C1OC(C)=O.I. The van der Waals surface area contributed by atoms with Gasteiger partial charge in [-0.3, -0.25) is 19.2 Å². The van der Waals surface area contributed by atoms with Gasteiger partial charge in [-0.15, -0.1) is 24.0 Å². The van der Waals surface area contributed by atoms with Crippen LogP contribution < -0.4 is 4.74 Å².